The monoisotopic (exact) mass is 489 g/mol. The second-order valence-electron chi connectivity index (χ2n) is 7.14. The van der Waals surface area contributed by atoms with Crippen LogP contribution in [0.1, 0.15) is 59.3 Å². The van der Waals surface area contributed by atoms with Crippen molar-refractivity contribution < 1.29 is 13.2 Å². The topological polar surface area (TPSA) is 79.8 Å². The average Bonchev–Trinajstić information content (AvgIpc) is 2.52. The van der Waals surface area contributed by atoms with Gasteiger partial charge in [-0.2, -0.15) is 0 Å². The number of ether oxygens (including phenoxy) is 1. The lowest BCUT2D eigenvalue weighted by Crippen LogP contribution is -2.41. The molecule has 0 bridgehead atoms. The van der Waals surface area contributed by atoms with Crippen LogP contribution in [0.25, 0.3) is 0 Å². The number of hydrogen-bond donors (Lipinski definition) is 2. The molecule has 25 heavy (non-hydrogen) atoms. The zero-order valence-corrected chi connectivity index (χ0v) is 19.3. The van der Waals surface area contributed by atoms with Crippen molar-refractivity contribution in [1.29, 1.82) is 0 Å². The summed E-state index contributed by atoms with van der Waals surface area (Å²) in [4.78, 5) is 4.41. The van der Waals surface area contributed by atoms with Gasteiger partial charge in [0.1, 0.15) is 0 Å². The first-order chi connectivity index (χ1) is 11.3. The summed E-state index contributed by atoms with van der Waals surface area (Å²) in [5.74, 6) is 0.659. The van der Waals surface area contributed by atoms with E-state index in [9.17, 15) is 8.42 Å². The quantitative estimate of drug-likeness (QED) is 0.225. The molecule has 0 aromatic rings. The van der Waals surface area contributed by atoms with E-state index in [0.29, 0.717) is 12.1 Å². The van der Waals surface area contributed by atoms with E-state index in [-0.39, 0.29) is 30.5 Å². The summed E-state index contributed by atoms with van der Waals surface area (Å²) in [5.41, 5.74) is 0. The molecule has 1 aliphatic carbocycles. The van der Waals surface area contributed by atoms with Gasteiger partial charge in [-0.15, -0.1) is 24.0 Å². The highest BCUT2D eigenvalue weighted by molar-refractivity contribution is 14.0. The van der Waals surface area contributed by atoms with Crippen LogP contribution in [-0.4, -0.2) is 57.7 Å². The fourth-order valence-electron chi connectivity index (χ4n) is 2.49. The third kappa shape index (κ3) is 9.98. The van der Waals surface area contributed by atoms with Crippen molar-refractivity contribution >= 4 is 39.8 Å². The van der Waals surface area contributed by atoms with Crippen molar-refractivity contribution in [3.05, 3.63) is 0 Å². The minimum Gasteiger partial charge on any atom is -0.378 e. The molecule has 1 aliphatic rings. The molecule has 0 unspecified atom stereocenters. The standard InChI is InChI=1S/C17H35N3O3S.HI/c1-5-18-16(20-14-17(2,3)24(4,21)22)19-12-9-13-23-15-10-7-6-8-11-15;/h15H,5-14H2,1-4H3,(H2,18,19,20);1H. The van der Waals surface area contributed by atoms with Gasteiger partial charge in [-0.1, -0.05) is 19.3 Å². The van der Waals surface area contributed by atoms with Gasteiger partial charge in [0.05, 0.1) is 17.4 Å². The molecule has 6 nitrogen and oxygen atoms in total. The van der Waals surface area contributed by atoms with E-state index in [2.05, 4.69) is 15.6 Å². The number of aliphatic imine (C=N–C) groups is 1. The molecule has 0 amide bonds. The van der Waals surface area contributed by atoms with E-state index in [1.54, 1.807) is 13.8 Å². The summed E-state index contributed by atoms with van der Waals surface area (Å²) >= 11 is 0. The summed E-state index contributed by atoms with van der Waals surface area (Å²) in [6, 6.07) is 0. The fraction of sp³-hybridized carbons (Fsp3) is 0.941. The molecular weight excluding hydrogens is 453 g/mol. The summed E-state index contributed by atoms with van der Waals surface area (Å²) in [6.07, 6.45) is 8.91. The normalized spacial score (nSPS) is 17.0. The van der Waals surface area contributed by atoms with Crippen LogP contribution < -0.4 is 10.6 Å². The number of nitrogens with one attached hydrogen (secondary N) is 2. The lowest BCUT2D eigenvalue weighted by molar-refractivity contribution is 0.0277. The van der Waals surface area contributed by atoms with Gasteiger partial charge in [0.25, 0.3) is 0 Å². The number of nitrogens with zero attached hydrogens (tertiary/aromatic N) is 1. The molecule has 0 aromatic heterocycles. The van der Waals surface area contributed by atoms with Crippen molar-refractivity contribution in [3.63, 3.8) is 0 Å². The van der Waals surface area contributed by atoms with Crippen molar-refractivity contribution in [2.45, 2.75) is 70.1 Å². The molecule has 0 saturated heterocycles. The summed E-state index contributed by atoms with van der Waals surface area (Å²) < 4.78 is 28.5. The molecule has 1 fully saturated rings. The molecule has 2 N–H and O–H groups in total. The van der Waals surface area contributed by atoms with Crippen molar-refractivity contribution in [1.82, 2.24) is 10.6 Å². The number of sulfone groups is 1. The zero-order chi connectivity index (χ0) is 18.1. The van der Waals surface area contributed by atoms with Crippen LogP contribution >= 0.6 is 24.0 Å². The van der Waals surface area contributed by atoms with E-state index >= 15 is 0 Å². The van der Waals surface area contributed by atoms with Crippen LogP contribution in [0.15, 0.2) is 4.99 Å². The second kappa shape index (κ2) is 12.3. The molecule has 150 valence electrons. The Balaban J connectivity index is 0.00000576. The predicted octanol–water partition coefficient (Wildman–Crippen LogP) is 2.72. The highest BCUT2D eigenvalue weighted by atomic mass is 127. The van der Waals surface area contributed by atoms with Gasteiger partial charge in [-0.25, -0.2) is 8.42 Å². The van der Waals surface area contributed by atoms with Crippen LogP contribution in [0.2, 0.25) is 0 Å². The fourth-order valence-corrected chi connectivity index (χ4v) is 2.79. The van der Waals surface area contributed by atoms with E-state index in [1.165, 1.54) is 38.4 Å². The van der Waals surface area contributed by atoms with Crippen molar-refractivity contribution in [3.8, 4) is 0 Å². The van der Waals surface area contributed by atoms with Gasteiger partial charge in [-0.3, -0.25) is 4.99 Å². The third-order valence-electron chi connectivity index (χ3n) is 4.49. The molecule has 1 rings (SSSR count). The molecule has 0 aromatic carbocycles. The summed E-state index contributed by atoms with van der Waals surface area (Å²) in [5, 5.41) is 6.40. The Labute approximate surface area is 170 Å². The van der Waals surface area contributed by atoms with Gasteiger partial charge in [0.15, 0.2) is 15.8 Å². The number of halogens is 1. The first kappa shape index (κ1) is 24.9. The maximum atomic E-state index is 11.7. The Bertz CT molecular complexity index is 489. The lowest BCUT2D eigenvalue weighted by Gasteiger charge is -2.22. The van der Waals surface area contributed by atoms with E-state index in [0.717, 1.165) is 26.1 Å². The van der Waals surface area contributed by atoms with E-state index < -0.39 is 14.6 Å². The highest BCUT2D eigenvalue weighted by Crippen LogP contribution is 2.20. The number of hydrogen-bond acceptors (Lipinski definition) is 4. The molecule has 0 aliphatic heterocycles. The van der Waals surface area contributed by atoms with Crippen LogP contribution in [0.4, 0.5) is 0 Å². The van der Waals surface area contributed by atoms with Crippen LogP contribution in [0.3, 0.4) is 0 Å². The number of guanidine groups is 1. The Morgan fingerprint density at radius 2 is 1.84 bits per heavy atom. The lowest BCUT2D eigenvalue weighted by atomic mass is 9.98. The van der Waals surface area contributed by atoms with E-state index in [4.69, 9.17) is 4.74 Å². The zero-order valence-electron chi connectivity index (χ0n) is 16.1. The first-order valence-electron chi connectivity index (χ1n) is 9.09. The largest absolute Gasteiger partial charge is 0.378 e. The van der Waals surface area contributed by atoms with Gasteiger partial charge in [0, 0.05) is 26.0 Å². The van der Waals surface area contributed by atoms with E-state index in [1.807, 2.05) is 6.92 Å². The molecule has 0 atom stereocenters. The maximum Gasteiger partial charge on any atom is 0.191 e. The first-order valence-corrected chi connectivity index (χ1v) is 11.0. The van der Waals surface area contributed by atoms with Crippen LogP contribution in [-0.2, 0) is 14.6 Å². The summed E-state index contributed by atoms with van der Waals surface area (Å²) in [7, 11) is -3.14. The van der Waals surface area contributed by atoms with Crippen molar-refractivity contribution in [2.24, 2.45) is 4.99 Å². The minimum atomic E-state index is -3.14. The average molecular weight is 489 g/mol. The van der Waals surface area contributed by atoms with Crippen LogP contribution in [0, 0.1) is 0 Å². The summed E-state index contributed by atoms with van der Waals surface area (Å²) in [6.45, 7) is 7.89. The Morgan fingerprint density at radius 3 is 2.40 bits per heavy atom. The molecule has 8 heteroatoms. The molecular formula is C17H36IN3O3S. The maximum absolute atomic E-state index is 11.7. The molecule has 0 radical (unpaired) electrons. The van der Waals surface area contributed by atoms with Gasteiger partial charge < -0.3 is 15.4 Å². The van der Waals surface area contributed by atoms with Crippen LogP contribution in [0.5, 0.6) is 0 Å². The Hall–Kier alpha value is -0.0900. The molecule has 1 saturated carbocycles. The second-order valence-corrected chi connectivity index (χ2v) is 9.79. The van der Waals surface area contributed by atoms with Crippen molar-refractivity contribution in [2.75, 3.05) is 32.5 Å². The molecule has 0 heterocycles. The van der Waals surface area contributed by atoms with Gasteiger partial charge in [0.2, 0.25) is 0 Å². The van der Waals surface area contributed by atoms with Gasteiger partial charge in [-0.05, 0) is 40.0 Å². The third-order valence-corrected chi connectivity index (χ3v) is 6.62. The highest BCUT2D eigenvalue weighted by Gasteiger charge is 2.29. The SMILES string of the molecule is CCNC(=NCC(C)(C)S(C)(=O)=O)NCCCOC1CCCCC1.I. The smallest absolute Gasteiger partial charge is 0.191 e. The Kier molecular flexibility index (Phi) is 12.3. The number of rotatable bonds is 9. The predicted molar refractivity (Wildman–Crippen MR) is 116 cm³/mol. The minimum absolute atomic E-state index is 0. The molecule has 0 spiro atoms. The van der Waals surface area contributed by atoms with Gasteiger partial charge >= 0.3 is 0 Å². The Morgan fingerprint density at radius 1 is 1.20 bits per heavy atom.